The quantitative estimate of drug-likeness (QED) is 0.820. The maximum atomic E-state index is 11.9. The van der Waals surface area contributed by atoms with Crippen molar-refractivity contribution >= 4 is 17.4 Å². The summed E-state index contributed by atoms with van der Waals surface area (Å²) in [6, 6.07) is 7.75. The van der Waals surface area contributed by atoms with Crippen molar-refractivity contribution in [2.45, 2.75) is 44.6 Å². The smallest absolute Gasteiger partial charge is 0.164 e. The van der Waals surface area contributed by atoms with E-state index in [1.165, 1.54) is 32.1 Å². The average Bonchev–Trinajstić information content (AvgIpc) is 2.40. The Balaban J connectivity index is 1.72. The van der Waals surface area contributed by atoms with Gasteiger partial charge < -0.3 is 5.32 Å². The highest BCUT2D eigenvalue weighted by atomic mass is 35.5. The van der Waals surface area contributed by atoms with Gasteiger partial charge in [0.2, 0.25) is 0 Å². The molecule has 1 aliphatic carbocycles. The fraction of sp³-hybridized carbons (Fsp3) is 0.533. The van der Waals surface area contributed by atoms with Crippen molar-refractivity contribution in [1.29, 1.82) is 0 Å². The fourth-order valence-electron chi connectivity index (χ4n) is 2.48. The van der Waals surface area contributed by atoms with Crippen LogP contribution in [0.15, 0.2) is 24.3 Å². The van der Waals surface area contributed by atoms with Gasteiger partial charge in [0.1, 0.15) is 0 Å². The third-order valence-corrected chi connectivity index (χ3v) is 3.81. The standard InChI is InChI=1S/C15H20ClNO/c16-13-8-6-12(7-9-13)15(18)10-11-17-14-4-2-1-3-5-14/h6-9,14,17H,1-5,10-11H2. The summed E-state index contributed by atoms with van der Waals surface area (Å²) >= 11 is 5.80. The summed E-state index contributed by atoms with van der Waals surface area (Å²) in [5.74, 6) is 0.190. The molecular weight excluding hydrogens is 246 g/mol. The summed E-state index contributed by atoms with van der Waals surface area (Å²) in [5.41, 5.74) is 0.754. The maximum Gasteiger partial charge on any atom is 0.164 e. The Morgan fingerprint density at radius 3 is 2.50 bits per heavy atom. The molecule has 1 aromatic rings. The van der Waals surface area contributed by atoms with Gasteiger partial charge in [0.05, 0.1) is 0 Å². The minimum Gasteiger partial charge on any atom is -0.314 e. The second-order valence-electron chi connectivity index (χ2n) is 4.97. The van der Waals surface area contributed by atoms with Crippen LogP contribution in [0.2, 0.25) is 5.02 Å². The Labute approximate surface area is 114 Å². The van der Waals surface area contributed by atoms with Crippen LogP contribution >= 0.6 is 11.6 Å². The number of carbonyl (C=O) groups is 1. The molecule has 18 heavy (non-hydrogen) atoms. The van der Waals surface area contributed by atoms with Crippen LogP contribution in [0.25, 0.3) is 0 Å². The summed E-state index contributed by atoms with van der Waals surface area (Å²) in [6.07, 6.45) is 7.09. The molecular formula is C15H20ClNO. The molecule has 0 radical (unpaired) electrons. The highest BCUT2D eigenvalue weighted by Crippen LogP contribution is 2.17. The van der Waals surface area contributed by atoms with Crippen molar-refractivity contribution in [3.63, 3.8) is 0 Å². The second kappa shape index (κ2) is 6.91. The second-order valence-corrected chi connectivity index (χ2v) is 5.41. The van der Waals surface area contributed by atoms with Gasteiger partial charge in [-0.15, -0.1) is 0 Å². The molecule has 1 saturated carbocycles. The molecule has 0 atom stereocenters. The Morgan fingerprint density at radius 2 is 1.83 bits per heavy atom. The van der Waals surface area contributed by atoms with Gasteiger partial charge in [-0.05, 0) is 37.1 Å². The molecule has 0 amide bonds. The van der Waals surface area contributed by atoms with Gasteiger partial charge in [-0.1, -0.05) is 30.9 Å². The van der Waals surface area contributed by atoms with E-state index in [9.17, 15) is 4.79 Å². The van der Waals surface area contributed by atoms with Gasteiger partial charge in [0.15, 0.2) is 5.78 Å². The number of halogens is 1. The number of hydrogen-bond donors (Lipinski definition) is 1. The topological polar surface area (TPSA) is 29.1 Å². The van der Waals surface area contributed by atoms with Crippen molar-refractivity contribution in [3.05, 3.63) is 34.9 Å². The number of nitrogens with one attached hydrogen (secondary N) is 1. The molecule has 0 spiro atoms. The zero-order valence-electron chi connectivity index (χ0n) is 10.6. The zero-order valence-corrected chi connectivity index (χ0v) is 11.4. The van der Waals surface area contributed by atoms with E-state index >= 15 is 0 Å². The van der Waals surface area contributed by atoms with Crippen LogP contribution in [0.3, 0.4) is 0 Å². The van der Waals surface area contributed by atoms with E-state index in [1.807, 2.05) is 0 Å². The van der Waals surface area contributed by atoms with Crippen LogP contribution in [0.5, 0.6) is 0 Å². The Morgan fingerprint density at radius 1 is 1.17 bits per heavy atom. The van der Waals surface area contributed by atoms with E-state index in [-0.39, 0.29) is 5.78 Å². The predicted molar refractivity (Wildman–Crippen MR) is 75.3 cm³/mol. The van der Waals surface area contributed by atoms with Crippen molar-refractivity contribution < 1.29 is 4.79 Å². The van der Waals surface area contributed by atoms with Crippen molar-refractivity contribution in [2.75, 3.05) is 6.54 Å². The summed E-state index contributed by atoms with van der Waals surface area (Å²) in [6.45, 7) is 0.784. The number of hydrogen-bond acceptors (Lipinski definition) is 2. The number of rotatable bonds is 5. The molecule has 0 aliphatic heterocycles. The number of benzene rings is 1. The lowest BCUT2D eigenvalue weighted by molar-refractivity contribution is 0.0981. The normalized spacial score (nSPS) is 16.7. The summed E-state index contributed by atoms with van der Waals surface area (Å²) in [5, 5.41) is 4.16. The summed E-state index contributed by atoms with van der Waals surface area (Å²) in [7, 11) is 0. The van der Waals surface area contributed by atoms with Crippen LogP contribution in [0, 0.1) is 0 Å². The minimum absolute atomic E-state index is 0.190. The highest BCUT2D eigenvalue weighted by molar-refractivity contribution is 6.30. The third kappa shape index (κ3) is 4.11. The van der Waals surface area contributed by atoms with Gasteiger partial charge in [-0.25, -0.2) is 0 Å². The summed E-state index contributed by atoms with van der Waals surface area (Å²) in [4.78, 5) is 11.9. The molecule has 0 bridgehead atoms. The molecule has 2 rings (SSSR count). The molecule has 0 saturated heterocycles. The van der Waals surface area contributed by atoms with Crippen LogP contribution in [0.1, 0.15) is 48.9 Å². The molecule has 98 valence electrons. The van der Waals surface area contributed by atoms with Gasteiger partial charge >= 0.3 is 0 Å². The maximum absolute atomic E-state index is 11.9. The number of Topliss-reactive ketones (excluding diaryl/α,β-unsaturated/α-hetero) is 1. The summed E-state index contributed by atoms with van der Waals surface area (Å²) < 4.78 is 0. The molecule has 0 heterocycles. The fourth-order valence-corrected chi connectivity index (χ4v) is 2.60. The Hall–Kier alpha value is -0.860. The first-order chi connectivity index (χ1) is 8.75. The van der Waals surface area contributed by atoms with E-state index in [0.29, 0.717) is 17.5 Å². The van der Waals surface area contributed by atoms with Crippen molar-refractivity contribution in [1.82, 2.24) is 5.32 Å². The first kappa shape index (κ1) is 13.6. The number of carbonyl (C=O) groups excluding carboxylic acids is 1. The molecule has 1 aromatic carbocycles. The van der Waals surface area contributed by atoms with Gasteiger partial charge in [-0.3, -0.25) is 4.79 Å². The first-order valence-corrected chi connectivity index (χ1v) is 7.15. The lowest BCUT2D eigenvalue weighted by Crippen LogP contribution is -2.32. The lowest BCUT2D eigenvalue weighted by Gasteiger charge is -2.22. The van der Waals surface area contributed by atoms with Crippen molar-refractivity contribution in [3.8, 4) is 0 Å². The largest absolute Gasteiger partial charge is 0.314 e. The van der Waals surface area contributed by atoms with E-state index in [2.05, 4.69) is 5.32 Å². The molecule has 0 aromatic heterocycles. The average molecular weight is 266 g/mol. The Kier molecular flexibility index (Phi) is 5.21. The highest BCUT2D eigenvalue weighted by Gasteiger charge is 2.13. The van der Waals surface area contributed by atoms with E-state index in [0.717, 1.165) is 12.1 Å². The van der Waals surface area contributed by atoms with Gasteiger partial charge in [-0.2, -0.15) is 0 Å². The monoisotopic (exact) mass is 265 g/mol. The number of ketones is 1. The molecule has 2 nitrogen and oxygen atoms in total. The lowest BCUT2D eigenvalue weighted by atomic mass is 9.95. The third-order valence-electron chi connectivity index (χ3n) is 3.56. The van der Waals surface area contributed by atoms with E-state index in [1.54, 1.807) is 24.3 Å². The predicted octanol–water partition coefficient (Wildman–Crippen LogP) is 3.84. The molecule has 3 heteroatoms. The van der Waals surface area contributed by atoms with Crippen molar-refractivity contribution in [2.24, 2.45) is 0 Å². The SMILES string of the molecule is O=C(CCNC1CCCCC1)c1ccc(Cl)cc1. The van der Waals surface area contributed by atoms with E-state index in [4.69, 9.17) is 11.6 Å². The zero-order chi connectivity index (χ0) is 12.8. The van der Waals surface area contributed by atoms with Crippen LogP contribution in [-0.4, -0.2) is 18.4 Å². The van der Waals surface area contributed by atoms with Crippen LogP contribution in [0.4, 0.5) is 0 Å². The minimum atomic E-state index is 0.190. The van der Waals surface area contributed by atoms with Gasteiger partial charge in [0.25, 0.3) is 0 Å². The van der Waals surface area contributed by atoms with Crippen LogP contribution < -0.4 is 5.32 Å². The molecule has 1 fully saturated rings. The molecule has 1 aliphatic rings. The first-order valence-electron chi connectivity index (χ1n) is 6.78. The Bertz CT molecular complexity index is 382. The molecule has 1 N–H and O–H groups in total. The molecule has 0 unspecified atom stereocenters. The van der Waals surface area contributed by atoms with Gasteiger partial charge in [0, 0.05) is 29.6 Å². The van der Waals surface area contributed by atoms with E-state index < -0.39 is 0 Å². The van der Waals surface area contributed by atoms with Crippen LogP contribution in [-0.2, 0) is 0 Å².